The summed E-state index contributed by atoms with van der Waals surface area (Å²) in [4.78, 5) is 0.209. The highest BCUT2D eigenvalue weighted by Crippen LogP contribution is 2.30. The van der Waals surface area contributed by atoms with Crippen molar-refractivity contribution in [3.8, 4) is 0 Å². The molecule has 2 aromatic rings. The van der Waals surface area contributed by atoms with Crippen molar-refractivity contribution >= 4 is 47.6 Å². The Balaban J connectivity index is 2.48. The van der Waals surface area contributed by atoms with Gasteiger partial charge < -0.3 is 0 Å². The van der Waals surface area contributed by atoms with Gasteiger partial charge >= 0.3 is 0 Å². The molecule has 0 aliphatic carbocycles. The number of hydrogen-bond acceptors (Lipinski definition) is 2. The van der Waals surface area contributed by atoms with Crippen LogP contribution in [0.5, 0.6) is 0 Å². The van der Waals surface area contributed by atoms with Crippen LogP contribution in [-0.2, 0) is 10.0 Å². The molecule has 112 valence electrons. The zero-order valence-corrected chi connectivity index (χ0v) is 15.9. The van der Waals surface area contributed by atoms with Gasteiger partial charge in [0.05, 0.1) is 5.69 Å². The van der Waals surface area contributed by atoms with E-state index in [9.17, 15) is 8.42 Å². The fourth-order valence-corrected chi connectivity index (χ4v) is 4.70. The van der Waals surface area contributed by atoms with Gasteiger partial charge in [0.1, 0.15) is 4.90 Å². The summed E-state index contributed by atoms with van der Waals surface area (Å²) in [6.07, 6.45) is 0. The number of anilines is 1. The number of hydrogen-bond donors (Lipinski definition) is 1. The number of halogens is 2. The van der Waals surface area contributed by atoms with Crippen LogP contribution in [0.25, 0.3) is 0 Å². The smallest absolute Gasteiger partial charge is 0.263 e. The predicted molar refractivity (Wildman–Crippen MR) is 93.3 cm³/mol. The zero-order valence-electron chi connectivity index (χ0n) is 11.9. The molecule has 21 heavy (non-hydrogen) atoms. The van der Waals surface area contributed by atoms with Crippen LogP contribution in [0.2, 0.25) is 0 Å². The second kappa shape index (κ2) is 6.10. The minimum atomic E-state index is -3.65. The van der Waals surface area contributed by atoms with Crippen LogP contribution < -0.4 is 4.72 Å². The fraction of sp³-hybridized carbons (Fsp3) is 0.200. The summed E-state index contributed by atoms with van der Waals surface area (Å²) in [6, 6.07) is 8.93. The van der Waals surface area contributed by atoms with Crippen molar-refractivity contribution in [1.82, 2.24) is 0 Å². The molecule has 2 rings (SSSR count). The SMILES string of the molecule is Cc1cc(Br)c(S(=O)(=O)Nc2cccc(C)c2C)cc1Br. The summed E-state index contributed by atoms with van der Waals surface area (Å²) in [5.74, 6) is 0. The van der Waals surface area contributed by atoms with E-state index in [1.807, 2.05) is 32.9 Å². The molecule has 0 fully saturated rings. The molecule has 0 saturated heterocycles. The molecule has 0 aliphatic rings. The van der Waals surface area contributed by atoms with Crippen molar-refractivity contribution in [3.63, 3.8) is 0 Å². The Morgan fingerprint density at radius 1 is 0.952 bits per heavy atom. The average Bonchev–Trinajstić information content (AvgIpc) is 2.39. The van der Waals surface area contributed by atoms with Gasteiger partial charge in [0, 0.05) is 8.95 Å². The first-order valence-electron chi connectivity index (χ1n) is 6.27. The number of benzene rings is 2. The first-order valence-corrected chi connectivity index (χ1v) is 9.34. The highest BCUT2D eigenvalue weighted by atomic mass is 79.9. The normalized spacial score (nSPS) is 11.5. The molecular formula is C15H15Br2NO2S. The molecule has 0 saturated carbocycles. The Hall–Kier alpha value is -0.850. The number of nitrogens with one attached hydrogen (secondary N) is 1. The maximum atomic E-state index is 12.6. The molecule has 1 N–H and O–H groups in total. The molecule has 0 amide bonds. The lowest BCUT2D eigenvalue weighted by Gasteiger charge is -2.14. The summed E-state index contributed by atoms with van der Waals surface area (Å²) >= 11 is 6.69. The summed E-state index contributed by atoms with van der Waals surface area (Å²) in [6.45, 7) is 5.75. The molecule has 3 nitrogen and oxygen atoms in total. The lowest BCUT2D eigenvalue weighted by molar-refractivity contribution is 0.600. The van der Waals surface area contributed by atoms with Crippen LogP contribution in [-0.4, -0.2) is 8.42 Å². The van der Waals surface area contributed by atoms with Crippen molar-refractivity contribution in [1.29, 1.82) is 0 Å². The summed E-state index contributed by atoms with van der Waals surface area (Å²) in [7, 11) is -3.65. The fourth-order valence-electron chi connectivity index (χ4n) is 1.90. The number of rotatable bonds is 3. The van der Waals surface area contributed by atoms with Crippen LogP contribution in [0, 0.1) is 20.8 Å². The van der Waals surface area contributed by atoms with E-state index in [2.05, 4.69) is 36.6 Å². The zero-order chi connectivity index (χ0) is 15.8. The first kappa shape index (κ1) is 16.5. The third kappa shape index (κ3) is 3.49. The van der Waals surface area contributed by atoms with Crippen molar-refractivity contribution in [2.45, 2.75) is 25.7 Å². The lowest BCUT2D eigenvalue weighted by Crippen LogP contribution is -2.15. The quantitative estimate of drug-likeness (QED) is 0.746. The van der Waals surface area contributed by atoms with E-state index >= 15 is 0 Å². The summed E-state index contributed by atoms with van der Waals surface area (Å²) in [5.41, 5.74) is 3.52. The van der Waals surface area contributed by atoms with Gasteiger partial charge in [0.15, 0.2) is 0 Å². The highest BCUT2D eigenvalue weighted by molar-refractivity contribution is 9.11. The predicted octanol–water partition coefficient (Wildman–Crippen LogP) is 4.94. The molecule has 0 bridgehead atoms. The molecule has 0 heterocycles. The topological polar surface area (TPSA) is 46.2 Å². The van der Waals surface area contributed by atoms with Crippen LogP contribution in [0.1, 0.15) is 16.7 Å². The molecule has 6 heteroatoms. The largest absolute Gasteiger partial charge is 0.279 e. The van der Waals surface area contributed by atoms with E-state index in [0.717, 1.165) is 21.2 Å². The molecule has 0 aliphatic heterocycles. The number of aryl methyl sites for hydroxylation is 2. The van der Waals surface area contributed by atoms with Crippen LogP contribution in [0.15, 0.2) is 44.2 Å². The van der Waals surface area contributed by atoms with Crippen molar-refractivity contribution in [2.24, 2.45) is 0 Å². The van der Waals surface area contributed by atoms with E-state index in [-0.39, 0.29) is 4.90 Å². The van der Waals surface area contributed by atoms with Crippen molar-refractivity contribution < 1.29 is 8.42 Å². The maximum absolute atomic E-state index is 12.6. The Bertz CT molecular complexity index is 802. The minimum absolute atomic E-state index is 0.209. The third-order valence-electron chi connectivity index (χ3n) is 3.35. The molecule has 2 aromatic carbocycles. The third-order valence-corrected chi connectivity index (χ3v) is 6.53. The van der Waals surface area contributed by atoms with E-state index in [1.54, 1.807) is 18.2 Å². The first-order chi connectivity index (χ1) is 9.72. The molecule has 0 radical (unpaired) electrons. The molecule has 0 atom stereocenters. The Labute approximate surface area is 142 Å². The highest BCUT2D eigenvalue weighted by Gasteiger charge is 2.20. The van der Waals surface area contributed by atoms with Gasteiger partial charge in [-0.25, -0.2) is 8.42 Å². The van der Waals surface area contributed by atoms with Crippen molar-refractivity contribution in [3.05, 3.63) is 56.0 Å². The van der Waals surface area contributed by atoms with Gasteiger partial charge in [-0.15, -0.1) is 0 Å². The van der Waals surface area contributed by atoms with Crippen LogP contribution in [0.3, 0.4) is 0 Å². The van der Waals surface area contributed by atoms with Gasteiger partial charge in [0.2, 0.25) is 0 Å². The van der Waals surface area contributed by atoms with Crippen LogP contribution >= 0.6 is 31.9 Å². The number of sulfonamides is 1. The Morgan fingerprint density at radius 2 is 1.62 bits per heavy atom. The second-order valence-corrected chi connectivity index (χ2v) is 8.24. The molecule has 0 spiro atoms. The second-order valence-electron chi connectivity index (χ2n) is 4.88. The summed E-state index contributed by atoms with van der Waals surface area (Å²) < 4.78 is 29.1. The molecular weight excluding hydrogens is 418 g/mol. The van der Waals surface area contributed by atoms with Gasteiger partial charge in [-0.1, -0.05) is 28.1 Å². The van der Waals surface area contributed by atoms with E-state index in [1.165, 1.54) is 0 Å². The standard InChI is InChI=1S/C15H15Br2NO2S/c1-9-5-4-6-14(11(9)3)18-21(19,20)15-8-12(16)10(2)7-13(15)17/h4-8,18H,1-3H3. The average molecular weight is 433 g/mol. The molecule has 0 unspecified atom stereocenters. The Morgan fingerprint density at radius 3 is 2.29 bits per heavy atom. The van der Waals surface area contributed by atoms with E-state index in [4.69, 9.17) is 0 Å². The lowest BCUT2D eigenvalue weighted by atomic mass is 10.1. The minimum Gasteiger partial charge on any atom is -0.279 e. The van der Waals surface area contributed by atoms with E-state index in [0.29, 0.717) is 10.2 Å². The summed E-state index contributed by atoms with van der Waals surface area (Å²) in [5, 5.41) is 0. The van der Waals surface area contributed by atoms with Gasteiger partial charge in [0.25, 0.3) is 10.0 Å². The maximum Gasteiger partial charge on any atom is 0.263 e. The van der Waals surface area contributed by atoms with Gasteiger partial charge in [-0.05, 0) is 71.6 Å². The van der Waals surface area contributed by atoms with Gasteiger partial charge in [-0.2, -0.15) is 0 Å². The van der Waals surface area contributed by atoms with Crippen molar-refractivity contribution in [2.75, 3.05) is 4.72 Å². The Kier molecular flexibility index (Phi) is 4.80. The molecule has 0 aromatic heterocycles. The monoisotopic (exact) mass is 431 g/mol. The van der Waals surface area contributed by atoms with E-state index < -0.39 is 10.0 Å². The van der Waals surface area contributed by atoms with Gasteiger partial charge in [-0.3, -0.25) is 4.72 Å². The van der Waals surface area contributed by atoms with Crippen LogP contribution in [0.4, 0.5) is 5.69 Å².